The van der Waals surface area contributed by atoms with E-state index in [2.05, 4.69) is 10.3 Å². The van der Waals surface area contributed by atoms with E-state index in [1.807, 2.05) is 18.2 Å². The van der Waals surface area contributed by atoms with Crippen molar-refractivity contribution in [1.82, 2.24) is 15.2 Å². The average Bonchev–Trinajstić information content (AvgIpc) is 3.37. The number of nitrogens with one attached hydrogen (secondary N) is 2. The van der Waals surface area contributed by atoms with E-state index in [-0.39, 0.29) is 36.7 Å². The summed E-state index contributed by atoms with van der Waals surface area (Å²) in [6, 6.07) is 5.67. The lowest BCUT2D eigenvalue weighted by Gasteiger charge is -2.25. The summed E-state index contributed by atoms with van der Waals surface area (Å²) in [5.41, 5.74) is 2.54. The second-order valence-corrected chi connectivity index (χ2v) is 9.05. The van der Waals surface area contributed by atoms with Crippen LogP contribution >= 0.6 is 11.6 Å². The third-order valence-electron chi connectivity index (χ3n) is 6.88. The highest BCUT2D eigenvalue weighted by Crippen LogP contribution is 2.46. The molecule has 2 N–H and O–H groups in total. The van der Waals surface area contributed by atoms with E-state index in [1.165, 1.54) is 10.5 Å². The smallest absolute Gasteiger partial charge is 0.240 e. The molecule has 5 rings (SSSR count). The first-order valence-corrected chi connectivity index (χ1v) is 10.8. The second kappa shape index (κ2) is 6.87. The number of amides is 3. The maximum Gasteiger partial charge on any atom is 0.240 e. The lowest BCUT2D eigenvalue weighted by Crippen LogP contribution is -2.43. The van der Waals surface area contributed by atoms with Crippen molar-refractivity contribution in [2.75, 3.05) is 6.54 Å². The van der Waals surface area contributed by atoms with Gasteiger partial charge in [-0.25, -0.2) is 0 Å². The molecule has 1 aromatic heterocycles. The molecule has 152 valence electrons. The molecule has 2 aromatic rings. The molecule has 2 aliphatic carbocycles. The molecule has 0 bridgehead atoms. The number of aromatic nitrogens is 1. The van der Waals surface area contributed by atoms with Crippen molar-refractivity contribution in [2.45, 2.75) is 57.4 Å². The molecule has 1 saturated heterocycles. The highest BCUT2D eigenvalue weighted by atomic mass is 35.5. The molecule has 29 heavy (non-hydrogen) atoms. The quantitative estimate of drug-likeness (QED) is 0.754. The zero-order chi connectivity index (χ0) is 20.2. The van der Waals surface area contributed by atoms with E-state index >= 15 is 0 Å². The number of hydrogen-bond donors (Lipinski definition) is 2. The van der Waals surface area contributed by atoms with Crippen LogP contribution in [-0.2, 0) is 20.8 Å². The van der Waals surface area contributed by atoms with Gasteiger partial charge in [-0.1, -0.05) is 36.6 Å². The molecule has 3 amide bonds. The number of rotatable bonds is 3. The van der Waals surface area contributed by atoms with Crippen molar-refractivity contribution < 1.29 is 14.4 Å². The van der Waals surface area contributed by atoms with Gasteiger partial charge >= 0.3 is 0 Å². The van der Waals surface area contributed by atoms with Crippen LogP contribution < -0.4 is 5.32 Å². The minimum absolute atomic E-state index is 0.156. The summed E-state index contributed by atoms with van der Waals surface area (Å²) < 4.78 is 0. The summed E-state index contributed by atoms with van der Waals surface area (Å²) in [7, 11) is 0. The Bertz CT molecular complexity index is 1020. The molecule has 1 aliphatic heterocycles. The van der Waals surface area contributed by atoms with E-state index in [9.17, 15) is 14.4 Å². The van der Waals surface area contributed by atoms with E-state index in [4.69, 9.17) is 11.6 Å². The maximum atomic E-state index is 12.8. The number of aromatic amines is 1. The monoisotopic (exact) mass is 413 g/mol. The van der Waals surface area contributed by atoms with Gasteiger partial charge in [-0.15, -0.1) is 0 Å². The summed E-state index contributed by atoms with van der Waals surface area (Å²) in [5.74, 6) is -0.657. The van der Waals surface area contributed by atoms with Crippen molar-refractivity contribution in [1.29, 1.82) is 0 Å². The molecule has 7 heteroatoms. The summed E-state index contributed by atoms with van der Waals surface area (Å²) in [4.78, 5) is 42.6. The van der Waals surface area contributed by atoms with Crippen LogP contribution in [-0.4, -0.2) is 34.2 Å². The number of nitrogens with zero attached hydrogens (tertiary/aromatic N) is 1. The number of likely N-dealkylation sites (tertiary alicyclic amines) is 1. The van der Waals surface area contributed by atoms with Crippen LogP contribution in [0.1, 0.15) is 62.2 Å². The summed E-state index contributed by atoms with van der Waals surface area (Å²) in [5, 5.41) is 4.80. The van der Waals surface area contributed by atoms with Gasteiger partial charge in [-0.2, -0.15) is 0 Å². The van der Waals surface area contributed by atoms with Crippen LogP contribution in [0, 0.1) is 5.41 Å². The topological polar surface area (TPSA) is 82.3 Å². The standard InChI is InChI=1S/C22H24ClN3O3/c23-15-7-3-5-13-14-6-4-8-16(20(14)25-19(13)15)24-17(27)12-26-18(28)11-22(21(26)29)9-1-2-10-22/h3,5,7,16,25H,1-2,4,6,8-12H2,(H,24,27)/t16-/m0/s1. The van der Waals surface area contributed by atoms with Gasteiger partial charge in [0.05, 0.1) is 22.0 Å². The Morgan fingerprint density at radius 1 is 1.24 bits per heavy atom. The molecule has 0 unspecified atom stereocenters. The van der Waals surface area contributed by atoms with Gasteiger partial charge in [0.2, 0.25) is 17.7 Å². The Balaban J connectivity index is 1.34. The van der Waals surface area contributed by atoms with Gasteiger partial charge in [0.25, 0.3) is 0 Å². The van der Waals surface area contributed by atoms with E-state index in [1.54, 1.807) is 0 Å². The fourth-order valence-electron chi connectivity index (χ4n) is 5.44. The van der Waals surface area contributed by atoms with Gasteiger partial charge in [0.15, 0.2) is 0 Å². The molecular weight excluding hydrogens is 390 g/mol. The molecule has 1 saturated carbocycles. The molecule has 3 aliphatic rings. The molecule has 2 fully saturated rings. The Kier molecular flexibility index (Phi) is 4.42. The molecule has 1 spiro atoms. The zero-order valence-electron chi connectivity index (χ0n) is 16.2. The predicted octanol–water partition coefficient (Wildman–Crippen LogP) is 3.63. The number of para-hydroxylation sites is 1. The molecular formula is C22H24ClN3O3. The number of aryl methyl sites for hydroxylation is 1. The van der Waals surface area contributed by atoms with E-state index < -0.39 is 5.41 Å². The second-order valence-electron chi connectivity index (χ2n) is 8.64. The van der Waals surface area contributed by atoms with Gasteiger partial charge in [-0.3, -0.25) is 19.3 Å². The highest BCUT2D eigenvalue weighted by Gasteiger charge is 2.52. The highest BCUT2D eigenvalue weighted by molar-refractivity contribution is 6.35. The fourth-order valence-corrected chi connectivity index (χ4v) is 5.66. The van der Waals surface area contributed by atoms with Crippen LogP contribution in [0.5, 0.6) is 0 Å². The first kappa shape index (κ1) is 18.7. The Morgan fingerprint density at radius 3 is 2.83 bits per heavy atom. The Labute approximate surface area is 174 Å². The third-order valence-corrected chi connectivity index (χ3v) is 7.19. The van der Waals surface area contributed by atoms with Crippen LogP contribution in [0.2, 0.25) is 5.02 Å². The fraction of sp³-hybridized carbons (Fsp3) is 0.500. The minimum atomic E-state index is -0.538. The predicted molar refractivity (Wildman–Crippen MR) is 109 cm³/mol. The van der Waals surface area contributed by atoms with Gasteiger partial charge in [0, 0.05) is 17.5 Å². The molecule has 1 aromatic carbocycles. The lowest BCUT2D eigenvalue weighted by atomic mass is 9.84. The van der Waals surface area contributed by atoms with Crippen molar-refractivity contribution >= 4 is 40.2 Å². The van der Waals surface area contributed by atoms with E-state index in [0.717, 1.165) is 61.5 Å². The molecule has 6 nitrogen and oxygen atoms in total. The Hall–Kier alpha value is -2.34. The normalized spacial score (nSPS) is 23.2. The third kappa shape index (κ3) is 2.96. The number of halogens is 1. The van der Waals surface area contributed by atoms with Crippen molar-refractivity contribution in [3.63, 3.8) is 0 Å². The number of hydrogen-bond acceptors (Lipinski definition) is 3. The molecule has 2 heterocycles. The Morgan fingerprint density at radius 2 is 2.03 bits per heavy atom. The summed E-state index contributed by atoms with van der Waals surface area (Å²) >= 11 is 6.33. The number of fused-ring (bicyclic) bond motifs is 3. The van der Waals surface area contributed by atoms with Gasteiger partial charge < -0.3 is 10.3 Å². The average molecular weight is 414 g/mol. The first-order chi connectivity index (χ1) is 14.0. The van der Waals surface area contributed by atoms with E-state index in [0.29, 0.717) is 5.02 Å². The van der Waals surface area contributed by atoms with Crippen molar-refractivity contribution in [3.05, 3.63) is 34.5 Å². The first-order valence-electron chi connectivity index (χ1n) is 10.4. The van der Waals surface area contributed by atoms with Gasteiger partial charge in [-0.05, 0) is 43.7 Å². The number of carbonyl (C=O) groups excluding carboxylic acids is 3. The molecule has 1 atom stereocenters. The van der Waals surface area contributed by atoms with Crippen LogP contribution in [0.25, 0.3) is 10.9 Å². The summed E-state index contributed by atoms with van der Waals surface area (Å²) in [6.45, 7) is -0.188. The van der Waals surface area contributed by atoms with Crippen LogP contribution in [0.3, 0.4) is 0 Å². The number of benzene rings is 1. The zero-order valence-corrected chi connectivity index (χ0v) is 17.0. The maximum absolute atomic E-state index is 12.8. The van der Waals surface area contributed by atoms with Crippen molar-refractivity contribution in [2.24, 2.45) is 5.41 Å². The molecule has 0 radical (unpaired) electrons. The number of imide groups is 1. The minimum Gasteiger partial charge on any atom is -0.355 e. The number of H-pyrrole nitrogens is 1. The van der Waals surface area contributed by atoms with Crippen molar-refractivity contribution in [3.8, 4) is 0 Å². The van der Waals surface area contributed by atoms with Crippen LogP contribution in [0.15, 0.2) is 18.2 Å². The summed E-state index contributed by atoms with van der Waals surface area (Å²) in [6.07, 6.45) is 6.45. The van der Waals surface area contributed by atoms with Crippen LogP contribution in [0.4, 0.5) is 0 Å². The SMILES string of the molecule is O=C(CN1C(=O)CC2(CCCC2)C1=O)N[C@H]1CCCc2c1[nH]c1c(Cl)cccc21. The van der Waals surface area contributed by atoms with Gasteiger partial charge in [0.1, 0.15) is 6.54 Å². The number of carbonyl (C=O) groups is 3. The lowest BCUT2D eigenvalue weighted by molar-refractivity contribution is -0.145. The largest absolute Gasteiger partial charge is 0.355 e.